The summed E-state index contributed by atoms with van der Waals surface area (Å²) in [7, 11) is 1.47. The van der Waals surface area contributed by atoms with Crippen LogP contribution < -0.4 is 16.0 Å². The van der Waals surface area contributed by atoms with Crippen LogP contribution in [-0.2, 0) is 4.79 Å². The molecule has 24 heavy (non-hydrogen) atoms. The molecule has 3 amide bonds. The molecule has 0 radical (unpaired) electrons. The van der Waals surface area contributed by atoms with Crippen LogP contribution in [0.15, 0.2) is 54.6 Å². The Morgan fingerprint density at radius 3 is 2.04 bits per heavy atom. The molecule has 0 saturated heterocycles. The largest absolute Gasteiger partial charge is 0.341 e. The minimum atomic E-state index is -0.506. The maximum atomic E-state index is 11.9. The molecular formula is C19H23N3O2. The topological polar surface area (TPSA) is 70.2 Å². The second kappa shape index (κ2) is 8.26. The molecule has 2 aromatic carbocycles. The second-order valence-corrected chi connectivity index (χ2v) is 5.67. The Morgan fingerprint density at radius 2 is 1.46 bits per heavy atom. The number of carbonyl (C=O) groups is 2. The fourth-order valence-electron chi connectivity index (χ4n) is 2.42. The van der Waals surface area contributed by atoms with Gasteiger partial charge in [0.05, 0.1) is 6.04 Å². The molecule has 0 fully saturated rings. The van der Waals surface area contributed by atoms with Crippen molar-refractivity contribution in [2.24, 2.45) is 0 Å². The molecule has 0 spiro atoms. The zero-order chi connectivity index (χ0) is 17.5. The van der Waals surface area contributed by atoms with Gasteiger partial charge in [-0.3, -0.25) is 15.4 Å². The fourth-order valence-corrected chi connectivity index (χ4v) is 2.42. The fraction of sp³-hybridized carbons (Fsp3) is 0.263. The van der Waals surface area contributed by atoms with Crippen LogP contribution in [0, 0.1) is 0 Å². The maximum Gasteiger partial charge on any atom is 0.321 e. The highest BCUT2D eigenvalue weighted by molar-refractivity contribution is 5.96. The molecular weight excluding hydrogens is 302 g/mol. The first kappa shape index (κ1) is 17.7. The summed E-state index contributed by atoms with van der Waals surface area (Å²) in [4.78, 5) is 23.1. The van der Waals surface area contributed by atoms with E-state index in [2.05, 4.69) is 40.2 Å². The Hall–Kier alpha value is -2.66. The van der Waals surface area contributed by atoms with Crippen molar-refractivity contribution >= 4 is 11.9 Å². The summed E-state index contributed by atoms with van der Waals surface area (Å²) >= 11 is 0. The van der Waals surface area contributed by atoms with Gasteiger partial charge in [0.2, 0.25) is 5.91 Å². The number of nitrogens with one attached hydrogen (secondary N) is 3. The zero-order valence-electron chi connectivity index (χ0n) is 14.2. The van der Waals surface area contributed by atoms with Crippen molar-refractivity contribution in [2.45, 2.75) is 25.9 Å². The number of benzene rings is 2. The molecule has 0 heterocycles. The zero-order valence-corrected chi connectivity index (χ0v) is 14.2. The van der Waals surface area contributed by atoms with Gasteiger partial charge in [0.15, 0.2) is 0 Å². The van der Waals surface area contributed by atoms with Gasteiger partial charge in [-0.25, -0.2) is 4.79 Å². The van der Waals surface area contributed by atoms with Gasteiger partial charge in [0.25, 0.3) is 0 Å². The van der Waals surface area contributed by atoms with Crippen molar-refractivity contribution < 1.29 is 9.59 Å². The third-order valence-electron chi connectivity index (χ3n) is 3.87. The van der Waals surface area contributed by atoms with Crippen LogP contribution in [0.5, 0.6) is 0 Å². The van der Waals surface area contributed by atoms with Gasteiger partial charge in [-0.15, -0.1) is 0 Å². The van der Waals surface area contributed by atoms with Gasteiger partial charge in [-0.1, -0.05) is 54.6 Å². The Morgan fingerprint density at radius 1 is 0.875 bits per heavy atom. The van der Waals surface area contributed by atoms with E-state index in [0.29, 0.717) is 0 Å². The molecule has 0 aliphatic rings. The molecule has 0 aliphatic carbocycles. The van der Waals surface area contributed by atoms with Crippen molar-refractivity contribution in [1.29, 1.82) is 0 Å². The van der Waals surface area contributed by atoms with Gasteiger partial charge in [0, 0.05) is 13.1 Å². The monoisotopic (exact) mass is 325 g/mol. The molecule has 2 rings (SSSR count). The van der Waals surface area contributed by atoms with Crippen LogP contribution >= 0.6 is 0 Å². The maximum absolute atomic E-state index is 11.9. The second-order valence-electron chi connectivity index (χ2n) is 5.67. The molecule has 0 saturated carbocycles. The Kier molecular flexibility index (Phi) is 6.09. The first-order valence-electron chi connectivity index (χ1n) is 7.95. The third kappa shape index (κ3) is 4.67. The van der Waals surface area contributed by atoms with Crippen molar-refractivity contribution in [1.82, 2.24) is 16.0 Å². The van der Waals surface area contributed by atoms with Crippen molar-refractivity contribution in [3.05, 3.63) is 60.2 Å². The summed E-state index contributed by atoms with van der Waals surface area (Å²) in [5.74, 6) is -0.359. The van der Waals surface area contributed by atoms with E-state index in [4.69, 9.17) is 0 Å². The summed E-state index contributed by atoms with van der Waals surface area (Å²) in [5, 5.41) is 7.82. The van der Waals surface area contributed by atoms with Gasteiger partial charge >= 0.3 is 6.03 Å². The lowest BCUT2D eigenvalue weighted by atomic mass is 10.0. The summed E-state index contributed by atoms with van der Waals surface area (Å²) in [6, 6.07) is 17.4. The van der Waals surface area contributed by atoms with Gasteiger partial charge in [-0.2, -0.15) is 0 Å². The quantitative estimate of drug-likeness (QED) is 0.792. The molecule has 0 aromatic heterocycles. The van der Waals surface area contributed by atoms with Gasteiger partial charge in [0.1, 0.15) is 0 Å². The van der Waals surface area contributed by atoms with Crippen molar-refractivity contribution in [3.63, 3.8) is 0 Å². The lowest BCUT2D eigenvalue weighted by Crippen LogP contribution is -2.47. The third-order valence-corrected chi connectivity index (χ3v) is 3.87. The van der Waals surface area contributed by atoms with E-state index in [1.165, 1.54) is 12.6 Å². The molecule has 0 unspecified atom stereocenters. The van der Waals surface area contributed by atoms with E-state index in [9.17, 15) is 9.59 Å². The Bertz CT molecular complexity index is 684. The average Bonchev–Trinajstić information content (AvgIpc) is 2.62. The minimum Gasteiger partial charge on any atom is -0.341 e. The predicted molar refractivity (Wildman–Crippen MR) is 95.5 cm³/mol. The lowest BCUT2D eigenvalue weighted by Gasteiger charge is -2.20. The highest BCUT2D eigenvalue weighted by Crippen LogP contribution is 2.21. The standard InChI is InChI=1S/C19H23N3O2/c1-13(21-14(2)18(23)22-19(24)20-3)15-9-11-17(12-10-15)16-7-5-4-6-8-16/h4-14,21H,1-3H3,(H2,20,22,23,24)/t13-,14+/m1/s1. The predicted octanol–water partition coefficient (Wildman–Crippen LogP) is 2.85. The number of rotatable bonds is 5. The van der Waals surface area contributed by atoms with Crippen LogP contribution in [0.4, 0.5) is 4.79 Å². The number of hydrogen-bond donors (Lipinski definition) is 3. The molecule has 0 aliphatic heterocycles. The van der Waals surface area contributed by atoms with Gasteiger partial charge in [-0.05, 0) is 30.5 Å². The molecule has 5 heteroatoms. The Balaban J connectivity index is 1.98. The highest BCUT2D eigenvalue weighted by atomic mass is 16.2. The van der Waals surface area contributed by atoms with Gasteiger partial charge < -0.3 is 5.32 Å². The van der Waals surface area contributed by atoms with E-state index in [-0.39, 0.29) is 11.9 Å². The van der Waals surface area contributed by atoms with E-state index in [1.807, 2.05) is 37.3 Å². The van der Waals surface area contributed by atoms with E-state index >= 15 is 0 Å². The number of urea groups is 1. The first-order chi connectivity index (χ1) is 11.5. The lowest BCUT2D eigenvalue weighted by molar-refractivity contribution is -0.121. The number of amides is 3. The molecule has 126 valence electrons. The van der Waals surface area contributed by atoms with Crippen LogP contribution in [0.1, 0.15) is 25.5 Å². The summed E-state index contributed by atoms with van der Waals surface area (Å²) < 4.78 is 0. The molecule has 5 nitrogen and oxygen atoms in total. The number of imide groups is 1. The van der Waals surface area contributed by atoms with Crippen LogP contribution in [0.2, 0.25) is 0 Å². The summed E-state index contributed by atoms with van der Waals surface area (Å²) in [6.07, 6.45) is 0. The van der Waals surface area contributed by atoms with E-state index in [1.54, 1.807) is 6.92 Å². The molecule has 0 bridgehead atoms. The van der Waals surface area contributed by atoms with E-state index < -0.39 is 12.1 Å². The molecule has 2 atom stereocenters. The minimum absolute atomic E-state index is 0.0136. The highest BCUT2D eigenvalue weighted by Gasteiger charge is 2.17. The SMILES string of the molecule is CNC(=O)NC(=O)[C@H](C)N[C@H](C)c1ccc(-c2ccccc2)cc1. The molecule has 2 aromatic rings. The van der Waals surface area contributed by atoms with Crippen LogP contribution in [0.3, 0.4) is 0 Å². The summed E-state index contributed by atoms with van der Waals surface area (Å²) in [5.41, 5.74) is 3.40. The van der Waals surface area contributed by atoms with Crippen LogP contribution in [0.25, 0.3) is 11.1 Å². The van der Waals surface area contributed by atoms with E-state index in [0.717, 1.165) is 11.1 Å². The first-order valence-corrected chi connectivity index (χ1v) is 7.95. The summed E-state index contributed by atoms with van der Waals surface area (Å²) in [6.45, 7) is 3.72. The average molecular weight is 325 g/mol. The molecule has 3 N–H and O–H groups in total. The van der Waals surface area contributed by atoms with Crippen molar-refractivity contribution in [3.8, 4) is 11.1 Å². The Labute approximate surface area is 142 Å². The normalized spacial score (nSPS) is 13.0. The number of carbonyl (C=O) groups excluding carboxylic acids is 2. The van der Waals surface area contributed by atoms with Crippen LogP contribution in [-0.4, -0.2) is 25.0 Å². The van der Waals surface area contributed by atoms with Crippen molar-refractivity contribution in [2.75, 3.05) is 7.05 Å². The smallest absolute Gasteiger partial charge is 0.321 e. The number of hydrogen-bond acceptors (Lipinski definition) is 3.